The highest BCUT2D eigenvalue weighted by Gasteiger charge is 2.34. The Kier molecular flexibility index (Phi) is 8.75. The lowest BCUT2D eigenvalue weighted by Crippen LogP contribution is -2.55. The predicted octanol–water partition coefficient (Wildman–Crippen LogP) is 4.20. The van der Waals surface area contributed by atoms with Crippen LogP contribution in [-0.4, -0.2) is 101 Å². The average Bonchev–Trinajstić information content (AvgIpc) is 3.42. The molecule has 5 heterocycles. The van der Waals surface area contributed by atoms with Crippen molar-refractivity contribution in [3.63, 3.8) is 0 Å². The molecule has 46 heavy (non-hydrogen) atoms. The lowest BCUT2D eigenvalue weighted by atomic mass is 10.00. The number of amides is 1. The second kappa shape index (κ2) is 12.9. The van der Waals surface area contributed by atoms with E-state index in [-0.39, 0.29) is 62.0 Å². The number of rotatable bonds is 8. The summed E-state index contributed by atoms with van der Waals surface area (Å²) in [6.07, 6.45) is 5.64. The molecule has 238 valence electrons. The Morgan fingerprint density at radius 1 is 1.17 bits per heavy atom. The number of anilines is 1. The molecule has 0 N–H and O–H groups in total. The van der Waals surface area contributed by atoms with Crippen LogP contribution >= 0.6 is 0 Å². The lowest BCUT2D eigenvalue weighted by Gasteiger charge is -2.41. The molecule has 4 aromatic rings. The fourth-order valence-electron chi connectivity index (χ4n) is 6.43. The van der Waals surface area contributed by atoms with Gasteiger partial charge in [-0.15, -0.1) is 0 Å². The quantitative estimate of drug-likeness (QED) is 0.263. The third-order valence-electron chi connectivity index (χ3n) is 8.88. The first-order valence-corrected chi connectivity index (χ1v) is 15.0. The number of nitriles is 1. The van der Waals surface area contributed by atoms with E-state index in [0.717, 1.165) is 29.3 Å². The number of piperazine rings is 1. The Bertz CT molecular complexity index is 1860. The van der Waals surface area contributed by atoms with Gasteiger partial charge in [-0.25, -0.2) is 8.78 Å². The number of likely N-dealkylation sites (tertiary alicyclic amines) is 1. The Morgan fingerprint density at radius 3 is 2.74 bits per heavy atom. The summed E-state index contributed by atoms with van der Waals surface area (Å²) in [5.41, 5.74) is 1.58. The maximum absolute atomic E-state index is 16.7. The van der Waals surface area contributed by atoms with Gasteiger partial charge in [0.1, 0.15) is 23.6 Å². The van der Waals surface area contributed by atoms with Gasteiger partial charge in [0.15, 0.2) is 11.6 Å². The molecule has 6 rings (SSSR count). The lowest BCUT2D eigenvalue weighted by molar-refractivity contribution is -0.131. The predicted molar refractivity (Wildman–Crippen MR) is 168 cm³/mol. The van der Waals surface area contributed by atoms with E-state index in [1.165, 1.54) is 11.1 Å². The van der Waals surface area contributed by atoms with Gasteiger partial charge in [0.25, 0.3) is 5.91 Å². The topological polar surface area (TPSA) is 121 Å². The minimum absolute atomic E-state index is 0.0117. The molecule has 3 atom stereocenters. The molecule has 1 unspecified atom stereocenters. The zero-order valence-electron chi connectivity index (χ0n) is 25.9. The molecule has 0 bridgehead atoms. The number of halogens is 2. The maximum atomic E-state index is 16.7. The average molecular weight is 629 g/mol. The first-order valence-electron chi connectivity index (χ1n) is 15.0. The van der Waals surface area contributed by atoms with Crippen molar-refractivity contribution >= 4 is 33.4 Å². The van der Waals surface area contributed by atoms with Crippen LogP contribution in [0.4, 0.5) is 14.6 Å². The summed E-state index contributed by atoms with van der Waals surface area (Å²) >= 11 is 0. The Labute approximate surface area is 265 Å². The smallest absolute Gasteiger partial charge is 0.319 e. The van der Waals surface area contributed by atoms with Gasteiger partial charge in [0.2, 0.25) is 0 Å². The number of methoxy groups -OCH3 is 1. The number of pyridine rings is 2. The number of carbonyl (C=O) groups is 1. The highest BCUT2D eigenvalue weighted by atomic mass is 19.1. The number of nitrogens with zero attached hydrogens (tertiary/aromatic N) is 8. The Balaban J connectivity index is 1.44. The van der Waals surface area contributed by atoms with Gasteiger partial charge in [-0.1, -0.05) is 24.8 Å². The number of aryl methyl sites for hydroxylation is 1. The fraction of sp³-hybridized carbons (Fsp3) is 0.394. The van der Waals surface area contributed by atoms with Gasteiger partial charge in [-0.2, -0.15) is 15.2 Å². The van der Waals surface area contributed by atoms with Crippen molar-refractivity contribution in [3.8, 4) is 23.3 Å². The molecule has 13 heteroatoms. The van der Waals surface area contributed by atoms with E-state index in [1.807, 2.05) is 37.1 Å². The summed E-state index contributed by atoms with van der Waals surface area (Å²) in [5.74, 6) is -2.27. The first kappa shape index (κ1) is 31.2. The minimum Gasteiger partial charge on any atom is -0.462 e. The molecule has 11 nitrogen and oxygen atoms in total. The van der Waals surface area contributed by atoms with Crippen LogP contribution in [0.2, 0.25) is 0 Å². The highest BCUT2D eigenvalue weighted by molar-refractivity contribution is 6.00. The third-order valence-corrected chi connectivity index (χ3v) is 8.88. The van der Waals surface area contributed by atoms with E-state index in [2.05, 4.69) is 32.5 Å². The van der Waals surface area contributed by atoms with Crippen LogP contribution in [0.1, 0.15) is 18.4 Å². The van der Waals surface area contributed by atoms with E-state index in [1.54, 1.807) is 19.5 Å². The van der Waals surface area contributed by atoms with Crippen molar-refractivity contribution < 1.29 is 23.0 Å². The van der Waals surface area contributed by atoms with E-state index < -0.39 is 23.6 Å². The summed E-state index contributed by atoms with van der Waals surface area (Å²) in [4.78, 5) is 35.9. The molecule has 2 aliphatic heterocycles. The van der Waals surface area contributed by atoms with Gasteiger partial charge in [0.05, 0.1) is 30.0 Å². The van der Waals surface area contributed by atoms with Gasteiger partial charge in [0, 0.05) is 68.9 Å². The van der Waals surface area contributed by atoms with Crippen LogP contribution in [0.5, 0.6) is 6.01 Å². The molecular formula is C33H34F2N8O3. The standard InChI is InChI=1S/C33H34F2N8O3/c1-19-6-5-7-21-13-37-14-25(27(19)21)29-28(35)30-26(15-38-29)31(40-33(39-30)46-18-23-12-24(45-4)17-41(23)3)42-10-11-43(32(44)20(2)34)22(16-42)8-9-36/h5-7,13-15,22-24H,2,8,10-12,16-18H2,1,3-4H3/t22?,23-,24+/m0/s1. The summed E-state index contributed by atoms with van der Waals surface area (Å²) in [6.45, 7) is 6.59. The number of ether oxygens (including phenoxy) is 2. The molecule has 1 amide bonds. The third kappa shape index (κ3) is 5.81. The summed E-state index contributed by atoms with van der Waals surface area (Å²) < 4.78 is 42.1. The number of carbonyl (C=O) groups excluding carboxylic acids is 1. The van der Waals surface area contributed by atoms with Crippen LogP contribution < -0.4 is 9.64 Å². The summed E-state index contributed by atoms with van der Waals surface area (Å²) in [5, 5.41) is 11.5. The molecule has 0 aliphatic carbocycles. The van der Waals surface area contributed by atoms with Crippen molar-refractivity contribution in [3.05, 3.63) is 60.6 Å². The molecule has 2 fully saturated rings. The van der Waals surface area contributed by atoms with Crippen molar-refractivity contribution in [1.29, 1.82) is 5.26 Å². The molecule has 0 radical (unpaired) electrons. The number of likely N-dealkylation sites (N-methyl/N-ethyl adjacent to an activating group) is 1. The van der Waals surface area contributed by atoms with Crippen molar-refractivity contribution in [2.24, 2.45) is 0 Å². The zero-order valence-corrected chi connectivity index (χ0v) is 25.9. The number of hydrogen-bond acceptors (Lipinski definition) is 10. The number of hydrogen-bond donors (Lipinski definition) is 0. The van der Waals surface area contributed by atoms with Crippen molar-refractivity contribution in [1.82, 2.24) is 29.7 Å². The number of benzene rings is 1. The molecule has 0 saturated carbocycles. The number of aromatic nitrogens is 4. The normalized spacial score (nSPS) is 20.3. The second-order valence-electron chi connectivity index (χ2n) is 11.7. The maximum Gasteiger partial charge on any atom is 0.319 e. The molecule has 2 saturated heterocycles. The van der Waals surface area contributed by atoms with Crippen LogP contribution in [0.3, 0.4) is 0 Å². The van der Waals surface area contributed by atoms with Crippen LogP contribution in [0, 0.1) is 24.1 Å². The molecule has 2 aliphatic rings. The minimum atomic E-state index is -1.09. The van der Waals surface area contributed by atoms with E-state index >= 15 is 4.39 Å². The van der Waals surface area contributed by atoms with Crippen molar-refractivity contribution in [2.75, 3.05) is 51.8 Å². The zero-order chi connectivity index (χ0) is 32.5. The largest absolute Gasteiger partial charge is 0.462 e. The molecule has 3 aromatic heterocycles. The molecule has 0 spiro atoms. The first-order chi connectivity index (χ1) is 22.2. The summed E-state index contributed by atoms with van der Waals surface area (Å²) in [7, 11) is 3.66. The van der Waals surface area contributed by atoms with Crippen LogP contribution in [0.25, 0.3) is 32.9 Å². The van der Waals surface area contributed by atoms with Gasteiger partial charge >= 0.3 is 6.01 Å². The summed E-state index contributed by atoms with van der Waals surface area (Å²) in [6, 6.07) is 7.24. The van der Waals surface area contributed by atoms with Gasteiger partial charge < -0.3 is 19.3 Å². The van der Waals surface area contributed by atoms with Crippen LogP contribution in [0.15, 0.2) is 49.2 Å². The van der Waals surface area contributed by atoms with Crippen molar-refractivity contribution in [2.45, 2.75) is 38.0 Å². The van der Waals surface area contributed by atoms with Gasteiger partial charge in [-0.3, -0.25) is 19.7 Å². The Hall–Kier alpha value is -4.80. The highest BCUT2D eigenvalue weighted by Crippen LogP contribution is 2.36. The molecular weight excluding hydrogens is 594 g/mol. The SMILES string of the molecule is C=C(F)C(=O)N1CCN(c2nc(OC[C@@H]3C[C@@H](OC)CN3C)nc3c(F)c(-c4cncc5cccc(C)c45)ncc23)CC1CC#N. The second-order valence-corrected chi connectivity index (χ2v) is 11.7. The van der Waals surface area contributed by atoms with E-state index in [0.29, 0.717) is 16.8 Å². The number of fused-ring (bicyclic) bond motifs is 2. The Morgan fingerprint density at radius 2 is 2.00 bits per heavy atom. The van der Waals surface area contributed by atoms with E-state index in [9.17, 15) is 14.4 Å². The van der Waals surface area contributed by atoms with Crippen LogP contribution in [-0.2, 0) is 9.53 Å². The van der Waals surface area contributed by atoms with Gasteiger partial charge in [-0.05, 0) is 31.3 Å². The fourth-order valence-corrected chi connectivity index (χ4v) is 6.43. The molecule has 1 aromatic carbocycles. The monoisotopic (exact) mass is 628 g/mol. The van der Waals surface area contributed by atoms with E-state index in [4.69, 9.17) is 14.5 Å².